The minimum atomic E-state index is -1.84. The summed E-state index contributed by atoms with van der Waals surface area (Å²) < 4.78 is 18.4. The molecule has 0 bridgehead atoms. The maximum Gasteiger partial charge on any atom is 0.203 e. The van der Waals surface area contributed by atoms with Crippen LogP contribution < -0.4 is 4.74 Å². The molecule has 0 saturated heterocycles. The topological polar surface area (TPSA) is 29.5 Å². The molecule has 18 heavy (non-hydrogen) atoms. The Balaban J connectivity index is 2.18. The van der Waals surface area contributed by atoms with Gasteiger partial charge in [0.05, 0.1) is 0 Å². The van der Waals surface area contributed by atoms with Gasteiger partial charge < -0.3 is 9.84 Å². The van der Waals surface area contributed by atoms with Gasteiger partial charge in [0.15, 0.2) is 0 Å². The Morgan fingerprint density at radius 3 is 2.33 bits per heavy atom. The SMILES string of the molecule is OC(c1cccc(Oc2ccccc2)c1)C(F)Cl. The molecule has 2 nitrogen and oxygen atoms in total. The fraction of sp³-hybridized carbons (Fsp3) is 0.143. The molecule has 0 amide bonds. The highest BCUT2D eigenvalue weighted by Gasteiger charge is 2.17. The van der Waals surface area contributed by atoms with Gasteiger partial charge in [-0.3, -0.25) is 0 Å². The molecule has 0 heterocycles. The van der Waals surface area contributed by atoms with E-state index in [9.17, 15) is 9.50 Å². The Morgan fingerprint density at radius 2 is 1.67 bits per heavy atom. The van der Waals surface area contributed by atoms with Crippen LogP contribution in [0.3, 0.4) is 0 Å². The Hall–Kier alpha value is -1.58. The van der Waals surface area contributed by atoms with Gasteiger partial charge in [-0.2, -0.15) is 0 Å². The third-order valence-electron chi connectivity index (χ3n) is 2.42. The molecule has 4 heteroatoms. The summed E-state index contributed by atoms with van der Waals surface area (Å²) in [5.41, 5.74) is -1.46. The van der Waals surface area contributed by atoms with Crippen LogP contribution in [0.5, 0.6) is 11.5 Å². The second kappa shape index (κ2) is 5.85. The first kappa shape index (κ1) is 12.9. The summed E-state index contributed by atoms with van der Waals surface area (Å²) >= 11 is 5.22. The van der Waals surface area contributed by atoms with Gasteiger partial charge >= 0.3 is 0 Å². The molecule has 0 radical (unpaired) electrons. The number of halogens is 2. The van der Waals surface area contributed by atoms with Crippen molar-refractivity contribution < 1.29 is 14.2 Å². The van der Waals surface area contributed by atoms with Crippen LogP contribution in [0.15, 0.2) is 54.6 Å². The summed E-state index contributed by atoms with van der Waals surface area (Å²) in [5.74, 6) is 1.20. The third kappa shape index (κ3) is 3.22. The van der Waals surface area contributed by atoms with E-state index in [0.717, 1.165) is 0 Å². The molecule has 0 aliphatic carbocycles. The molecule has 0 fully saturated rings. The number of alkyl halides is 2. The number of ether oxygens (including phenoxy) is 1. The van der Waals surface area contributed by atoms with E-state index in [1.165, 1.54) is 0 Å². The van der Waals surface area contributed by atoms with E-state index in [4.69, 9.17) is 16.3 Å². The van der Waals surface area contributed by atoms with Gasteiger partial charge in [-0.15, -0.1) is 0 Å². The first-order chi connectivity index (χ1) is 8.66. The summed E-state index contributed by atoms with van der Waals surface area (Å²) in [7, 11) is 0. The lowest BCUT2D eigenvalue weighted by molar-refractivity contribution is 0.120. The van der Waals surface area contributed by atoms with Crippen LogP contribution in [0, 0.1) is 0 Å². The first-order valence-corrected chi connectivity index (χ1v) is 5.89. The van der Waals surface area contributed by atoms with Gasteiger partial charge in [0, 0.05) is 0 Å². The van der Waals surface area contributed by atoms with Gasteiger partial charge in [0.1, 0.15) is 17.6 Å². The first-order valence-electron chi connectivity index (χ1n) is 5.46. The number of aliphatic hydroxyl groups is 1. The standard InChI is InChI=1S/C14H12ClFO2/c15-14(16)13(17)10-5-4-8-12(9-10)18-11-6-2-1-3-7-11/h1-9,13-14,17H. The van der Waals surface area contributed by atoms with Crippen molar-refractivity contribution in [3.63, 3.8) is 0 Å². The average molecular weight is 267 g/mol. The molecular weight excluding hydrogens is 255 g/mol. The van der Waals surface area contributed by atoms with Crippen LogP contribution in [-0.4, -0.2) is 10.7 Å². The highest BCUT2D eigenvalue weighted by molar-refractivity contribution is 6.20. The zero-order chi connectivity index (χ0) is 13.0. The minimum Gasteiger partial charge on any atom is -0.457 e. The molecule has 0 spiro atoms. The van der Waals surface area contributed by atoms with Crippen molar-refractivity contribution >= 4 is 11.6 Å². The van der Waals surface area contributed by atoms with Gasteiger partial charge in [-0.05, 0) is 29.8 Å². The van der Waals surface area contributed by atoms with Crippen LogP contribution >= 0.6 is 11.6 Å². The van der Waals surface area contributed by atoms with Gasteiger partial charge in [0.2, 0.25) is 5.63 Å². The number of aliphatic hydroxyl groups excluding tert-OH is 1. The molecule has 2 aromatic carbocycles. The Morgan fingerprint density at radius 1 is 1.00 bits per heavy atom. The molecule has 2 rings (SSSR count). The fourth-order valence-corrected chi connectivity index (χ4v) is 1.68. The predicted molar refractivity (Wildman–Crippen MR) is 68.7 cm³/mol. The second-order valence-corrected chi connectivity index (χ2v) is 4.18. The molecule has 2 aromatic rings. The summed E-state index contributed by atoms with van der Waals surface area (Å²) in [6.07, 6.45) is -1.36. The van der Waals surface area contributed by atoms with Crippen LogP contribution in [-0.2, 0) is 0 Å². The monoisotopic (exact) mass is 266 g/mol. The van der Waals surface area contributed by atoms with Crippen molar-refractivity contribution in [2.45, 2.75) is 11.7 Å². The lowest BCUT2D eigenvalue weighted by Gasteiger charge is -2.12. The maximum absolute atomic E-state index is 12.8. The Labute approximate surface area is 110 Å². The Kier molecular flexibility index (Phi) is 4.18. The number of hydrogen-bond acceptors (Lipinski definition) is 2. The van der Waals surface area contributed by atoms with Crippen molar-refractivity contribution in [3.05, 3.63) is 60.2 Å². The van der Waals surface area contributed by atoms with Gasteiger partial charge in [-0.1, -0.05) is 41.9 Å². The minimum absolute atomic E-state index is 0.380. The molecule has 1 N–H and O–H groups in total. The van der Waals surface area contributed by atoms with E-state index >= 15 is 0 Å². The van der Waals surface area contributed by atoms with E-state index in [1.807, 2.05) is 30.3 Å². The normalized spacial score (nSPS) is 13.9. The van der Waals surface area contributed by atoms with Crippen molar-refractivity contribution in [3.8, 4) is 11.5 Å². The average Bonchev–Trinajstić information content (AvgIpc) is 2.39. The molecule has 2 unspecified atom stereocenters. The van der Waals surface area contributed by atoms with E-state index in [0.29, 0.717) is 17.1 Å². The number of benzene rings is 2. The highest BCUT2D eigenvalue weighted by Crippen LogP contribution is 2.27. The predicted octanol–water partition coefficient (Wildman–Crippen LogP) is 4.05. The van der Waals surface area contributed by atoms with E-state index in [-0.39, 0.29) is 0 Å². The van der Waals surface area contributed by atoms with Gasteiger partial charge in [-0.25, -0.2) is 4.39 Å². The lowest BCUT2D eigenvalue weighted by atomic mass is 10.1. The summed E-state index contributed by atoms with van der Waals surface area (Å²) in [6.45, 7) is 0. The fourth-order valence-electron chi connectivity index (χ4n) is 1.53. The molecule has 0 saturated carbocycles. The largest absolute Gasteiger partial charge is 0.457 e. The highest BCUT2D eigenvalue weighted by atomic mass is 35.5. The molecular formula is C14H12ClFO2. The van der Waals surface area contributed by atoms with Crippen LogP contribution in [0.25, 0.3) is 0 Å². The molecule has 2 atom stereocenters. The number of rotatable bonds is 4. The van der Waals surface area contributed by atoms with E-state index < -0.39 is 11.7 Å². The van der Waals surface area contributed by atoms with Crippen molar-refractivity contribution in [1.82, 2.24) is 0 Å². The van der Waals surface area contributed by atoms with Crippen LogP contribution in [0.4, 0.5) is 4.39 Å². The summed E-state index contributed by atoms with van der Waals surface area (Å²) in [6, 6.07) is 15.8. The zero-order valence-electron chi connectivity index (χ0n) is 9.46. The molecule has 0 aromatic heterocycles. The third-order valence-corrected chi connectivity index (χ3v) is 2.66. The van der Waals surface area contributed by atoms with E-state index in [1.54, 1.807) is 24.3 Å². The lowest BCUT2D eigenvalue weighted by Crippen LogP contribution is -2.06. The summed E-state index contributed by atoms with van der Waals surface area (Å²) in [4.78, 5) is 0. The van der Waals surface area contributed by atoms with Crippen LogP contribution in [0.2, 0.25) is 0 Å². The van der Waals surface area contributed by atoms with Crippen molar-refractivity contribution in [2.75, 3.05) is 0 Å². The van der Waals surface area contributed by atoms with Crippen molar-refractivity contribution in [2.24, 2.45) is 0 Å². The molecule has 0 aliphatic rings. The molecule has 94 valence electrons. The number of para-hydroxylation sites is 1. The smallest absolute Gasteiger partial charge is 0.203 e. The zero-order valence-corrected chi connectivity index (χ0v) is 10.2. The quantitative estimate of drug-likeness (QED) is 0.846. The number of hydrogen-bond donors (Lipinski definition) is 1. The van der Waals surface area contributed by atoms with Crippen LogP contribution in [0.1, 0.15) is 11.7 Å². The molecule has 0 aliphatic heterocycles. The van der Waals surface area contributed by atoms with Crippen molar-refractivity contribution in [1.29, 1.82) is 0 Å². The Bertz CT molecular complexity index is 502. The summed E-state index contributed by atoms with van der Waals surface area (Å²) in [5, 5.41) is 9.53. The van der Waals surface area contributed by atoms with Gasteiger partial charge in [0.25, 0.3) is 0 Å². The van der Waals surface area contributed by atoms with E-state index in [2.05, 4.69) is 0 Å². The maximum atomic E-state index is 12.8. The second-order valence-electron chi connectivity index (χ2n) is 3.77.